The molecule has 1 aliphatic heterocycles. The van der Waals surface area contributed by atoms with Gasteiger partial charge >= 0.3 is 0 Å². The highest BCUT2D eigenvalue weighted by Crippen LogP contribution is 2.24. The first kappa shape index (κ1) is 9.54. The van der Waals surface area contributed by atoms with Crippen LogP contribution >= 0.6 is 0 Å². The lowest BCUT2D eigenvalue weighted by Gasteiger charge is -2.09. The van der Waals surface area contributed by atoms with Crippen molar-refractivity contribution in [2.75, 3.05) is 18.8 Å². The summed E-state index contributed by atoms with van der Waals surface area (Å²) in [6, 6.07) is 6.26. The van der Waals surface area contributed by atoms with Gasteiger partial charge in [0.1, 0.15) is 5.82 Å². The molecule has 1 saturated heterocycles. The molecule has 1 unspecified atom stereocenters. The first-order valence-corrected chi connectivity index (χ1v) is 5.56. The maximum absolute atomic E-state index is 5.60. The van der Waals surface area contributed by atoms with Gasteiger partial charge in [-0.05, 0) is 36.6 Å². The molecule has 3 N–H and O–H groups in total. The van der Waals surface area contributed by atoms with E-state index in [0.29, 0.717) is 11.7 Å². The van der Waals surface area contributed by atoms with Gasteiger partial charge in [-0.1, -0.05) is 6.07 Å². The predicted octanol–water partition coefficient (Wildman–Crippen LogP) is 1.29. The van der Waals surface area contributed by atoms with Crippen LogP contribution in [0.3, 0.4) is 0 Å². The molecule has 0 saturated carbocycles. The fourth-order valence-corrected chi connectivity index (χ4v) is 2.24. The molecule has 1 aromatic carbocycles. The summed E-state index contributed by atoms with van der Waals surface area (Å²) >= 11 is 0. The minimum absolute atomic E-state index is 0.475. The highest BCUT2D eigenvalue weighted by Gasteiger charge is 2.16. The number of benzene rings is 1. The van der Waals surface area contributed by atoms with E-state index >= 15 is 0 Å². The number of hydrogen-bond donors (Lipinski definition) is 2. The second-order valence-electron chi connectivity index (χ2n) is 4.23. The molecule has 3 rings (SSSR count). The fourth-order valence-electron chi connectivity index (χ4n) is 2.24. The monoisotopic (exact) mass is 214 g/mol. The molecular formula is C12H14N4. The third-order valence-corrected chi connectivity index (χ3v) is 3.12. The first-order valence-electron chi connectivity index (χ1n) is 5.56. The molecule has 1 fully saturated rings. The number of hydrogen-bond acceptors (Lipinski definition) is 4. The average molecular weight is 214 g/mol. The van der Waals surface area contributed by atoms with Crippen LogP contribution < -0.4 is 11.1 Å². The van der Waals surface area contributed by atoms with E-state index in [9.17, 15) is 0 Å². The van der Waals surface area contributed by atoms with Crippen molar-refractivity contribution in [1.82, 2.24) is 15.3 Å². The van der Waals surface area contributed by atoms with E-state index in [1.807, 2.05) is 6.07 Å². The quantitative estimate of drug-likeness (QED) is 0.750. The van der Waals surface area contributed by atoms with Crippen LogP contribution in [0.1, 0.15) is 17.9 Å². The smallest absolute Gasteiger partial charge is 0.142 e. The zero-order valence-electron chi connectivity index (χ0n) is 8.98. The van der Waals surface area contributed by atoms with Gasteiger partial charge in [0.2, 0.25) is 0 Å². The lowest BCUT2D eigenvalue weighted by molar-refractivity contribution is 0.764. The van der Waals surface area contributed by atoms with Gasteiger partial charge < -0.3 is 11.1 Å². The van der Waals surface area contributed by atoms with Crippen LogP contribution in [0.5, 0.6) is 0 Å². The van der Waals surface area contributed by atoms with E-state index in [4.69, 9.17) is 5.73 Å². The summed E-state index contributed by atoms with van der Waals surface area (Å²) in [4.78, 5) is 8.55. The Kier molecular flexibility index (Phi) is 2.22. The average Bonchev–Trinajstić information content (AvgIpc) is 2.82. The number of rotatable bonds is 1. The molecule has 1 atom stereocenters. The zero-order valence-corrected chi connectivity index (χ0v) is 8.98. The highest BCUT2D eigenvalue weighted by molar-refractivity contribution is 5.76. The number of nitrogen functional groups attached to an aromatic ring is 1. The third-order valence-electron chi connectivity index (χ3n) is 3.12. The van der Waals surface area contributed by atoms with E-state index in [1.165, 1.54) is 12.0 Å². The minimum Gasteiger partial charge on any atom is -0.382 e. The van der Waals surface area contributed by atoms with Crippen LogP contribution in [0.15, 0.2) is 24.4 Å². The van der Waals surface area contributed by atoms with E-state index in [2.05, 4.69) is 27.4 Å². The molecule has 2 aromatic rings. The molecule has 0 amide bonds. The van der Waals surface area contributed by atoms with Gasteiger partial charge in [-0.2, -0.15) is 0 Å². The molecule has 0 radical (unpaired) electrons. The Bertz CT molecular complexity index is 517. The highest BCUT2D eigenvalue weighted by atomic mass is 14.9. The second kappa shape index (κ2) is 3.72. The van der Waals surface area contributed by atoms with Crippen molar-refractivity contribution in [3.05, 3.63) is 30.0 Å². The maximum Gasteiger partial charge on any atom is 0.142 e. The fraction of sp³-hybridized carbons (Fsp3) is 0.333. The molecule has 4 nitrogen and oxygen atoms in total. The molecule has 1 aliphatic rings. The van der Waals surface area contributed by atoms with E-state index in [0.717, 1.165) is 24.1 Å². The molecule has 0 bridgehead atoms. The predicted molar refractivity (Wildman–Crippen MR) is 64.2 cm³/mol. The third kappa shape index (κ3) is 1.61. The Labute approximate surface area is 93.9 Å². The van der Waals surface area contributed by atoms with Crippen LogP contribution in [0.2, 0.25) is 0 Å². The van der Waals surface area contributed by atoms with Crippen molar-refractivity contribution in [1.29, 1.82) is 0 Å². The summed E-state index contributed by atoms with van der Waals surface area (Å²) in [5, 5.41) is 3.37. The van der Waals surface area contributed by atoms with E-state index in [1.54, 1.807) is 6.20 Å². The number of aromatic nitrogens is 2. The summed E-state index contributed by atoms with van der Waals surface area (Å²) in [7, 11) is 0. The Morgan fingerprint density at radius 3 is 3.06 bits per heavy atom. The number of fused-ring (bicyclic) bond motifs is 1. The molecular weight excluding hydrogens is 200 g/mol. The van der Waals surface area contributed by atoms with Gasteiger partial charge in [0, 0.05) is 6.54 Å². The van der Waals surface area contributed by atoms with Crippen molar-refractivity contribution in [2.45, 2.75) is 12.3 Å². The molecule has 4 heteroatoms. The lowest BCUT2D eigenvalue weighted by atomic mass is 9.98. The Morgan fingerprint density at radius 2 is 2.25 bits per heavy atom. The second-order valence-corrected chi connectivity index (χ2v) is 4.23. The summed E-state index contributed by atoms with van der Waals surface area (Å²) in [6.07, 6.45) is 2.81. The molecule has 0 aliphatic carbocycles. The van der Waals surface area contributed by atoms with Gasteiger partial charge in [-0.25, -0.2) is 4.98 Å². The molecule has 2 heterocycles. The summed E-state index contributed by atoms with van der Waals surface area (Å²) in [6.45, 7) is 2.17. The van der Waals surface area contributed by atoms with Gasteiger partial charge in [-0.15, -0.1) is 0 Å². The SMILES string of the molecule is Nc1cnc2cc(C3CCNC3)ccc2n1. The summed E-state index contributed by atoms with van der Waals surface area (Å²) < 4.78 is 0. The van der Waals surface area contributed by atoms with Crippen molar-refractivity contribution in [3.8, 4) is 0 Å². The molecule has 16 heavy (non-hydrogen) atoms. The van der Waals surface area contributed by atoms with Gasteiger partial charge in [0.25, 0.3) is 0 Å². The van der Waals surface area contributed by atoms with Crippen LogP contribution in [0.4, 0.5) is 5.82 Å². The molecule has 0 spiro atoms. The Morgan fingerprint density at radius 1 is 1.31 bits per heavy atom. The number of nitrogens with two attached hydrogens (primary N) is 1. The Balaban J connectivity index is 2.05. The van der Waals surface area contributed by atoms with Crippen LogP contribution in [-0.2, 0) is 0 Å². The van der Waals surface area contributed by atoms with Crippen LogP contribution in [0.25, 0.3) is 11.0 Å². The van der Waals surface area contributed by atoms with Gasteiger partial charge in [-0.3, -0.25) is 4.98 Å². The van der Waals surface area contributed by atoms with Crippen molar-refractivity contribution >= 4 is 16.9 Å². The Hall–Kier alpha value is -1.68. The lowest BCUT2D eigenvalue weighted by Crippen LogP contribution is -2.08. The van der Waals surface area contributed by atoms with Crippen molar-refractivity contribution in [2.24, 2.45) is 0 Å². The standard InChI is InChI=1S/C12H14N4/c13-12-7-15-11-5-8(1-2-10(11)16-12)9-3-4-14-6-9/h1-2,5,7,9,14H,3-4,6H2,(H2,13,16). The summed E-state index contributed by atoms with van der Waals surface area (Å²) in [5.74, 6) is 1.09. The van der Waals surface area contributed by atoms with Crippen molar-refractivity contribution in [3.63, 3.8) is 0 Å². The number of anilines is 1. The van der Waals surface area contributed by atoms with E-state index < -0.39 is 0 Å². The summed E-state index contributed by atoms with van der Waals surface area (Å²) in [5.41, 5.74) is 8.74. The molecule has 1 aromatic heterocycles. The topological polar surface area (TPSA) is 63.8 Å². The first-order chi connectivity index (χ1) is 7.83. The number of nitrogens with one attached hydrogen (secondary N) is 1. The minimum atomic E-state index is 0.475. The van der Waals surface area contributed by atoms with Gasteiger partial charge in [0.05, 0.1) is 17.2 Å². The van der Waals surface area contributed by atoms with Gasteiger partial charge in [0.15, 0.2) is 0 Å². The largest absolute Gasteiger partial charge is 0.382 e. The number of nitrogens with zero attached hydrogens (tertiary/aromatic N) is 2. The van der Waals surface area contributed by atoms with Crippen molar-refractivity contribution < 1.29 is 0 Å². The molecule has 82 valence electrons. The van der Waals surface area contributed by atoms with E-state index in [-0.39, 0.29) is 0 Å². The zero-order chi connectivity index (χ0) is 11.0. The van der Waals surface area contributed by atoms with Crippen LogP contribution in [-0.4, -0.2) is 23.1 Å². The normalized spacial score (nSPS) is 20.4. The van der Waals surface area contributed by atoms with Crippen LogP contribution in [0, 0.1) is 0 Å². The maximum atomic E-state index is 5.60.